The molecule has 4 rings (SSSR count). The predicted octanol–water partition coefficient (Wildman–Crippen LogP) is -1.38. The molecule has 0 heterocycles. The third-order valence-corrected chi connectivity index (χ3v) is 14.3. The third-order valence-electron chi connectivity index (χ3n) is 8.11. The second-order valence-electron chi connectivity index (χ2n) is 11.5. The fraction of sp³-hybridized carbons (Fsp3) is 0.353. The van der Waals surface area contributed by atoms with Gasteiger partial charge in [0.05, 0.1) is 0 Å². The molecule has 0 nitrogen and oxygen atoms in total. The minimum atomic E-state index is -2.53. The number of hydrogen-bond donors (Lipinski definition) is 0. The molecule has 3 aromatic carbocycles. The van der Waals surface area contributed by atoms with Gasteiger partial charge in [-0.1, -0.05) is 0 Å². The fourth-order valence-electron chi connectivity index (χ4n) is 5.79. The van der Waals surface area contributed by atoms with Crippen molar-refractivity contribution in [1.29, 1.82) is 0 Å². The molecular weight excluding hydrogens is 591 g/mol. The van der Waals surface area contributed by atoms with Gasteiger partial charge < -0.3 is 37.2 Å². The predicted molar refractivity (Wildman–Crippen MR) is 156 cm³/mol. The van der Waals surface area contributed by atoms with Gasteiger partial charge in [0.15, 0.2) is 0 Å². The van der Waals surface area contributed by atoms with E-state index in [2.05, 4.69) is 149 Å². The molecule has 0 saturated heterocycles. The van der Waals surface area contributed by atoms with Gasteiger partial charge in [0.2, 0.25) is 0 Å². The van der Waals surface area contributed by atoms with E-state index in [0.29, 0.717) is 17.8 Å². The Morgan fingerprint density at radius 2 is 0.923 bits per heavy atom. The molecule has 0 fully saturated rings. The Morgan fingerprint density at radius 1 is 0.590 bits per heavy atom. The van der Waals surface area contributed by atoms with Crippen LogP contribution in [0.15, 0.2) is 93.0 Å². The Balaban J connectivity index is 0.00000253. The molecule has 1 aliphatic carbocycles. The maximum Gasteiger partial charge on any atom is -1.00 e. The first-order valence-corrected chi connectivity index (χ1v) is 16.3. The second kappa shape index (κ2) is 14.7. The van der Waals surface area contributed by atoms with Crippen LogP contribution in [0, 0.1) is 0 Å². The molecule has 0 atom stereocenters. The van der Waals surface area contributed by atoms with E-state index in [1.807, 2.05) is 0 Å². The molecule has 0 spiro atoms. The van der Waals surface area contributed by atoms with Crippen molar-refractivity contribution in [3.05, 3.63) is 110 Å². The Bertz CT molecular complexity index is 1210. The minimum absolute atomic E-state index is 0. The van der Waals surface area contributed by atoms with E-state index in [4.69, 9.17) is 0 Å². The van der Waals surface area contributed by atoms with Gasteiger partial charge in [-0.3, -0.25) is 0 Å². The number of halogens is 3. The van der Waals surface area contributed by atoms with Gasteiger partial charge in [-0.2, -0.15) is 0 Å². The molecule has 3 aromatic rings. The molecule has 0 amide bonds. The summed E-state index contributed by atoms with van der Waals surface area (Å²) in [5.74, 6) is 1.50. The van der Waals surface area contributed by atoms with Crippen molar-refractivity contribution in [3.63, 3.8) is 0 Å². The summed E-state index contributed by atoms with van der Waals surface area (Å²) in [5.41, 5.74) is 7.34. The van der Waals surface area contributed by atoms with Gasteiger partial charge in [-0.25, -0.2) is 0 Å². The van der Waals surface area contributed by atoms with Crippen molar-refractivity contribution < 1.29 is 57.7 Å². The molecule has 0 saturated carbocycles. The normalized spacial score (nSPS) is 13.6. The van der Waals surface area contributed by atoms with Crippen LogP contribution in [-0.2, 0) is 20.4 Å². The van der Waals surface area contributed by atoms with Gasteiger partial charge in [-0.05, 0) is 0 Å². The molecule has 39 heavy (non-hydrogen) atoms. The van der Waals surface area contributed by atoms with Crippen molar-refractivity contribution in [2.75, 3.05) is 0 Å². The quantitative estimate of drug-likeness (QED) is 0.223. The van der Waals surface area contributed by atoms with Crippen LogP contribution in [0.4, 0.5) is 0 Å². The van der Waals surface area contributed by atoms with Crippen LogP contribution in [0.1, 0.15) is 96.3 Å². The monoisotopic (exact) mass is 630 g/mol. The zero-order valence-corrected chi connectivity index (χ0v) is 29.3. The second-order valence-corrected chi connectivity index (χ2v) is 16.1. The van der Waals surface area contributed by atoms with E-state index < -0.39 is 8.07 Å². The smallest absolute Gasteiger partial charge is 1.00 e. The van der Waals surface area contributed by atoms with Gasteiger partial charge >= 0.3 is 233 Å². The van der Waals surface area contributed by atoms with Crippen molar-refractivity contribution in [2.24, 2.45) is 0 Å². The van der Waals surface area contributed by atoms with Crippen LogP contribution in [0.3, 0.4) is 0 Å². The van der Waals surface area contributed by atoms with Crippen LogP contribution in [-0.4, -0.2) is 8.07 Å². The van der Waals surface area contributed by atoms with Gasteiger partial charge in [0.25, 0.3) is 0 Å². The summed E-state index contributed by atoms with van der Waals surface area (Å²) in [4.78, 5) is 0. The minimum Gasteiger partial charge on any atom is -1.00 e. The fourth-order valence-corrected chi connectivity index (χ4v) is 11.8. The van der Waals surface area contributed by atoms with Crippen LogP contribution >= 0.6 is 0 Å². The molecule has 0 aliphatic heterocycles. The Morgan fingerprint density at radius 3 is 1.18 bits per heavy atom. The standard InChI is InChI=1S/C34H41Si.3ClH.Ti/c1-23(2)28-12-9-15-31(20-28)35(34-19-26(7)18-27(34)8,32-16-10-13-29(21-32)24(3)4)33-17-11-14-30(22-33)25(5)6;;;;/h9-17,20-25H,19H2,1-8H3;3*1H;/q;;;;+3/p-3. The molecule has 206 valence electrons. The summed E-state index contributed by atoms with van der Waals surface area (Å²) in [6.45, 7) is 18.6. The van der Waals surface area contributed by atoms with E-state index in [1.165, 1.54) is 47.3 Å². The van der Waals surface area contributed by atoms with E-state index in [9.17, 15) is 0 Å². The molecule has 1 aliphatic rings. The first kappa shape index (κ1) is 36.0. The zero-order chi connectivity index (χ0) is 26.2. The summed E-state index contributed by atoms with van der Waals surface area (Å²) in [7, 11) is -2.53. The van der Waals surface area contributed by atoms with E-state index in [-0.39, 0.29) is 37.2 Å². The summed E-state index contributed by atoms with van der Waals surface area (Å²) in [5, 5.41) is 6.23. The van der Waals surface area contributed by atoms with Crippen molar-refractivity contribution in [3.8, 4) is 0 Å². The number of benzene rings is 3. The Kier molecular flexibility index (Phi) is 13.6. The van der Waals surface area contributed by atoms with Gasteiger partial charge in [-0.15, -0.1) is 0 Å². The average molecular weight is 632 g/mol. The zero-order valence-electron chi connectivity index (χ0n) is 24.5. The largest absolute Gasteiger partial charge is 1.00 e. The van der Waals surface area contributed by atoms with Gasteiger partial charge in [0.1, 0.15) is 0 Å². The molecule has 0 radical (unpaired) electrons. The van der Waals surface area contributed by atoms with Crippen LogP contribution in [0.25, 0.3) is 0 Å². The van der Waals surface area contributed by atoms with Crippen LogP contribution in [0.5, 0.6) is 0 Å². The summed E-state index contributed by atoms with van der Waals surface area (Å²) in [6.07, 6.45) is 1.08. The average Bonchev–Trinajstić information content (AvgIpc) is 3.12. The SMILES string of the molecule is CC1=[C]([Ti+3])C(C)=C([Si](c2cccc(C(C)C)c2)(c2cccc(C(C)C)c2)c2cccc(C(C)C)c2)C1.[Cl-].[Cl-].[Cl-]. The van der Waals surface area contributed by atoms with E-state index >= 15 is 0 Å². The maximum absolute atomic E-state index is 2.55. The number of hydrogen-bond acceptors (Lipinski definition) is 0. The van der Waals surface area contributed by atoms with Crippen molar-refractivity contribution in [2.45, 2.75) is 79.6 Å². The van der Waals surface area contributed by atoms with E-state index in [0.717, 1.165) is 6.42 Å². The topological polar surface area (TPSA) is 0 Å². The molecule has 0 bridgehead atoms. The Hall–Kier alpha value is -1.06. The molecule has 0 N–H and O–H groups in total. The molecule has 5 heteroatoms. The van der Waals surface area contributed by atoms with E-state index in [1.54, 1.807) is 5.20 Å². The Labute approximate surface area is 268 Å². The molecular formula is C34H41Cl3SiTi. The molecule has 0 aromatic heterocycles. The first-order valence-electron chi connectivity index (χ1n) is 13.5. The van der Waals surface area contributed by atoms with Gasteiger partial charge in [0, 0.05) is 0 Å². The molecule has 0 unspecified atom stereocenters. The van der Waals surface area contributed by atoms with Crippen LogP contribution in [0.2, 0.25) is 0 Å². The summed E-state index contributed by atoms with van der Waals surface area (Å²) >= 11 is 2.33. The van der Waals surface area contributed by atoms with Crippen molar-refractivity contribution in [1.82, 2.24) is 0 Å². The number of allylic oxidation sites excluding steroid dienone is 4. The summed E-state index contributed by atoms with van der Waals surface area (Å²) in [6, 6.07) is 28.8. The van der Waals surface area contributed by atoms with Crippen LogP contribution < -0.4 is 52.8 Å². The first-order chi connectivity index (χ1) is 17.1. The maximum atomic E-state index is 2.55. The third kappa shape index (κ3) is 6.88. The number of rotatable bonds is 7. The van der Waals surface area contributed by atoms with Crippen molar-refractivity contribution >= 4 is 23.6 Å². The summed E-state index contributed by atoms with van der Waals surface area (Å²) < 4.78 is 1.49.